The quantitative estimate of drug-likeness (QED) is 0.514. The number of hydrogen-bond acceptors (Lipinski definition) is 7. The van der Waals surface area contributed by atoms with Gasteiger partial charge in [0.1, 0.15) is 0 Å². The lowest BCUT2D eigenvalue weighted by molar-refractivity contribution is 0.0589. The first-order valence-electron chi connectivity index (χ1n) is 8.43. The Morgan fingerprint density at radius 1 is 1.31 bits per heavy atom. The predicted octanol–water partition coefficient (Wildman–Crippen LogP) is 2.62. The Kier molecular flexibility index (Phi) is 6.30. The monoisotopic (exact) mass is 433 g/mol. The van der Waals surface area contributed by atoms with Gasteiger partial charge in [0.05, 0.1) is 17.6 Å². The minimum atomic E-state index is -0.961. The molecule has 0 bridgehead atoms. The molecule has 10 heteroatoms. The lowest BCUT2D eigenvalue weighted by atomic mass is 10.1. The molecule has 2 aromatic heterocycles. The number of benzene rings is 1. The van der Waals surface area contributed by atoms with Crippen LogP contribution in [0.5, 0.6) is 5.75 Å². The highest BCUT2D eigenvalue weighted by Crippen LogP contribution is 2.27. The molecule has 0 aliphatic carbocycles. The third kappa shape index (κ3) is 4.47. The van der Waals surface area contributed by atoms with Crippen molar-refractivity contribution in [3.63, 3.8) is 0 Å². The number of hydrogen-bond donors (Lipinski definition) is 3. The molecule has 29 heavy (non-hydrogen) atoms. The van der Waals surface area contributed by atoms with Crippen LogP contribution < -0.4 is 10.9 Å². The summed E-state index contributed by atoms with van der Waals surface area (Å²) in [6.07, 6.45) is 0.547. The number of ether oxygens (including phenoxy) is 1. The molecule has 1 amide bonds. The first-order valence-corrected chi connectivity index (χ1v) is 9.69. The van der Waals surface area contributed by atoms with Gasteiger partial charge in [-0.05, 0) is 29.5 Å². The van der Waals surface area contributed by atoms with E-state index < -0.39 is 23.0 Å². The summed E-state index contributed by atoms with van der Waals surface area (Å²) in [4.78, 5) is 43.0. The van der Waals surface area contributed by atoms with Crippen LogP contribution in [0.3, 0.4) is 0 Å². The van der Waals surface area contributed by atoms with Crippen LogP contribution >= 0.6 is 22.9 Å². The molecule has 0 saturated heterocycles. The van der Waals surface area contributed by atoms with Crippen LogP contribution in [0, 0.1) is 0 Å². The largest absolute Gasteiger partial charge is 0.501 e. The van der Waals surface area contributed by atoms with Gasteiger partial charge in [-0.15, -0.1) is 11.3 Å². The van der Waals surface area contributed by atoms with Gasteiger partial charge >= 0.3 is 5.97 Å². The number of aromatic amines is 1. The fraction of sp³-hybridized carbons (Fsp3) is 0.158. The van der Waals surface area contributed by atoms with Crippen LogP contribution in [-0.2, 0) is 11.2 Å². The lowest BCUT2D eigenvalue weighted by Gasteiger charge is -2.08. The third-order valence-corrected chi connectivity index (χ3v) is 5.33. The number of aromatic nitrogens is 2. The summed E-state index contributed by atoms with van der Waals surface area (Å²) in [5, 5.41) is 14.8. The number of H-pyrrole nitrogens is 1. The summed E-state index contributed by atoms with van der Waals surface area (Å²) in [6.45, 7) is 0.352. The fourth-order valence-electron chi connectivity index (χ4n) is 2.59. The molecule has 0 unspecified atom stereocenters. The highest BCUT2D eigenvalue weighted by Gasteiger charge is 2.22. The number of nitrogens with one attached hydrogen (secondary N) is 2. The molecule has 3 aromatic rings. The lowest BCUT2D eigenvalue weighted by Crippen LogP contribution is -2.26. The number of rotatable bonds is 6. The predicted molar refractivity (Wildman–Crippen MR) is 109 cm³/mol. The van der Waals surface area contributed by atoms with Gasteiger partial charge in [-0.3, -0.25) is 9.59 Å². The molecule has 0 aliphatic rings. The standard InChI is InChI=1S/C19H16ClN3O5S/c1-28-19(27)13-14(24)18(26)23-16(22-13)15-11(7-9-29-15)17(25)21-8-6-10-4-2-3-5-12(10)20/h2-5,7,9,24H,6,8H2,1H3,(H,21,25)(H,22,23,26). The van der Waals surface area contributed by atoms with Crippen LogP contribution in [0.4, 0.5) is 0 Å². The van der Waals surface area contributed by atoms with Crippen LogP contribution in [0.25, 0.3) is 10.7 Å². The molecule has 3 rings (SSSR count). The summed E-state index contributed by atoms with van der Waals surface area (Å²) in [5.41, 5.74) is -0.246. The van der Waals surface area contributed by atoms with Gasteiger partial charge in [0.15, 0.2) is 11.5 Å². The maximum Gasteiger partial charge on any atom is 0.360 e. The van der Waals surface area contributed by atoms with Crippen molar-refractivity contribution in [1.29, 1.82) is 0 Å². The molecule has 0 saturated carbocycles. The smallest absolute Gasteiger partial charge is 0.360 e. The molecule has 0 radical (unpaired) electrons. The second kappa shape index (κ2) is 8.89. The van der Waals surface area contributed by atoms with E-state index in [4.69, 9.17) is 11.6 Å². The summed E-state index contributed by atoms with van der Waals surface area (Å²) in [7, 11) is 1.10. The van der Waals surface area contributed by atoms with Gasteiger partial charge in [0, 0.05) is 11.6 Å². The number of thiophene rings is 1. The number of esters is 1. The van der Waals surface area contributed by atoms with E-state index in [1.165, 1.54) is 0 Å². The SMILES string of the molecule is COC(=O)c1nc(-c2sccc2C(=O)NCCc2ccccc2Cl)[nH]c(=O)c1O. The molecule has 1 aromatic carbocycles. The summed E-state index contributed by atoms with van der Waals surface area (Å²) in [6, 6.07) is 8.93. The summed E-state index contributed by atoms with van der Waals surface area (Å²) >= 11 is 7.27. The number of methoxy groups -OCH3 is 1. The van der Waals surface area contributed by atoms with E-state index in [1.807, 2.05) is 18.2 Å². The van der Waals surface area contributed by atoms with E-state index in [-0.39, 0.29) is 17.3 Å². The van der Waals surface area contributed by atoms with E-state index in [1.54, 1.807) is 17.5 Å². The highest BCUT2D eigenvalue weighted by atomic mass is 35.5. The number of amides is 1. The Balaban J connectivity index is 1.81. The van der Waals surface area contributed by atoms with Crippen molar-refractivity contribution in [1.82, 2.24) is 15.3 Å². The molecule has 150 valence electrons. The maximum absolute atomic E-state index is 12.6. The van der Waals surface area contributed by atoms with Crippen molar-refractivity contribution >= 4 is 34.8 Å². The first kappa shape index (κ1) is 20.6. The molecule has 0 spiro atoms. The van der Waals surface area contributed by atoms with Gasteiger partial charge in [0.25, 0.3) is 11.5 Å². The molecular formula is C19H16ClN3O5S. The van der Waals surface area contributed by atoms with Crippen molar-refractivity contribution in [3.05, 3.63) is 67.9 Å². The zero-order valence-corrected chi connectivity index (χ0v) is 16.8. The number of aromatic hydroxyl groups is 1. The molecule has 0 atom stereocenters. The fourth-order valence-corrected chi connectivity index (χ4v) is 3.66. The average Bonchev–Trinajstić information content (AvgIpc) is 3.20. The molecular weight excluding hydrogens is 418 g/mol. The van der Waals surface area contributed by atoms with Gasteiger partial charge < -0.3 is 20.1 Å². The van der Waals surface area contributed by atoms with E-state index in [0.717, 1.165) is 24.0 Å². The van der Waals surface area contributed by atoms with E-state index in [9.17, 15) is 19.5 Å². The van der Waals surface area contributed by atoms with E-state index in [0.29, 0.717) is 22.9 Å². The minimum absolute atomic E-state index is 0.0144. The minimum Gasteiger partial charge on any atom is -0.501 e. The Morgan fingerprint density at radius 3 is 2.79 bits per heavy atom. The zero-order chi connectivity index (χ0) is 21.0. The van der Waals surface area contributed by atoms with E-state index >= 15 is 0 Å². The molecule has 0 aliphatic heterocycles. The maximum atomic E-state index is 12.6. The molecule has 2 heterocycles. The van der Waals surface area contributed by atoms with Crippen molar-refractivity contribution < 1.29 is 19.4 Å². The van der Waals surface area contributed by atoms with Crippen molar-refractivity contribution in [2.75, 3.05) is 13.7 Å². The second-order valence-corrected chi connectivity index (χ2v) is 7.19. The Morgan fingerprint density at radius 2 is 2.07 bits per heavy atom. The Labute approximate surface area is 174 Å². The topological polar surface area (TPSA) is 121 Å². The third-order valence-electron chi connectivity index (χ3n) is 4.04. The van der Waals surface area contributed by atoms with E-state index in [2.05, 4.69) is 20.0 Å². The van der Waals surface area contributed by atoms with Gasteiger partial charge in [-0.2, -0.15) is 0 Å². The normalized spacial score (nSPS) is 10.6. The number of carbonyl (C=O) groups excluding carboxylic acids is 2. The molecule has 0 fully saturated rings. The summed E-state index contributed by atoms with van der Waals surface area (Å²) in [5.74, 6) is -2.19. The Bertz CT molecular complexity index is 1130. The average molecular weight is 434 g/mol. The zero-order valence-electron chi connectivity index (χ0n) is 15.2. The Hall–Kier alpha value is -3.17. The van der Waals surface area contributed by atoms with Gasteiger partial charge in [-0.25, -0.2) is 9.78 Å². The van der Waals surface area contributed by atoms with Crippen LogP contribution in [0.1, 0.15) is 26.4 Å². The van der Waals surface area contributed by atoms with Crippen molar-refractivity contribution in [2.24, 2.45) is 0 Å². The number of carbonyl (C=O) groups is 2. The van der Waals surface area contributed by atoms with Crippen LogP contribution in [0.15, 0.2) is 40.5 Å². The number of halogens is 1. The first-order chi connectivity index (χ1) is 13.9. The van der Waals surface area contributed by atoms with Gasteiger partial charge in [0.2, 0.25) is 5.75 Å². The second-order valence-electron chi connectivity index (χ2n) is 5.86. The van der Waals surface area contributed by atoms with Crippen molar-refractivity contribution in [3.8, 4) is 16.5 Å². The van der Waals surface area contributed by atoms with Gasteiger partial charge in [-0.1, -0.05) is 29.8 Å². The van der Waals surface area contributed by atoms with Crippen LogP contribution in [0.2, 0.25) is 5.02 Å². The summed E-state index contributed by atoms with van der Waals surface area (Å²) < 4.78 is 4.53. The highest BCUT2D eigenvalue weighted by molar-refractivity contribution is 7.14. The van der Waals surface area contributed by atoms with Crippen LogP contribution in [-0.4, -0.2) is 40.6 Å². The molecule has 8 nitrogen and oxygen atoms in total. The number of nitrogens with zero attached hydrogens (tertiary/aromatic N) is 1. The van der Waals surface area contributed by atoms with Crippen molar-refractivity contribution in [2.45, 2.75) is 6.42 Å². The molecule has 3 N–H and O–H groups in total.